The van der Waals surface area contributed by atoms with Crippen LogP contribution < -0.4 is 0 Å². The third-order valence-corrected chi connectivity index (χ3v) is 5.41. The minimum Gasteiger partial charge on any atom is -0.469 e. The zero-order chi connectivity index (χ0) is 20.1. The number of esters is 1. The summed E-state index contributed by atoms with van der Waals surface area (Å²) < 4.78 is 10.3. The number of rotatable bonds is 6. The van der Waals surface area contributed by atoms with Crippen molar-refractivity contribution in [3.05, 3.63) is 48.6 Å². The van der Waals surface area contributed by atoms with E-state index in [9.17, 15) is 14.4 Å². The number of benzene rings is 1. The van der Waals surface area contributed by atoms with Crippen molar-refractivity contribution in [2.45, 2.75) is 31.4 Å². The van der Waals surface area contributed by atoms with Gasteiger partial charge >= 0.3 is 12.1 Å². The lowest BCUT2D eigenvalue weighted by molar-refractivity contribution is -0.150. The number of carbonyl (C=O) groups is 3. The molecule has 28 heavy (non-hydrogen) atoms. The number of nitrogens with zero attached hydrogens (tertiary/aromatic N) is 2. The van der Waals surface area contributed by atoms with Crippen LogP contribution in [0.5, 0.6) is 0 Å². The third-order valence-electron chi connectivity index (χ3n) is 5.41. The summed E-state index contributed by atoms with van der Waals surface area (Å²) in [6, 6.07) is 9.34. The highest BCUT2D eigenvalue weighted by atomic mass is 16.6. The molecule has 0 spiro atoms. The maximum atomic E-state index is 13.1. The zero-order valence-electron chi connectivity index (χ0n) is 16.1. The molecule has 1 aromatic carbocycles. The van der Waals surface area contributed by atoms with Gasteiger partial charge in [-0.1, -0.05) is 36.4 Å². The highest BCUT2D eigenvalue weighted by Gasteiger charge is 2.47. The fourth-order valence-corrected chi connectivity index (χ4v) is 3.87. The van der Waals surface area contributed by atoms with Crippen LogP contribution in [-0.2, 0) is 25.5 Å². The van der Waals surface area contributed by atoms with Crippen molar-refractivity contribution in [1.82, 2.24) is 9.80 Å². The Morgan fingerprint density at radius 2 is 1.93 bits per heavy atom. The molecule has 3 rings (SSSR count). The molecule has 0 bridgehead atoms. The summed E-state index contributed by atoms with van der Waals surface area (Å²) in [5.41, 5.74) is 1.03. The van der Waals surface area contributed by atoms with Gasteiger partial charge in [-0.2, -0.15) is 0 Å². The summed E-state index contributed by atoms with van der Waals surface area (Å²) in [5.74, 6) is -0.625. The molecule has 0 aliphatic carbocycles. The van der Waals surface area contributed by atoms with E-state index < -0.39 is 18.2 Å². The lowest BCUT2D eigenvalue weighted by atomic mass is 9.95. The van der Waals surface area contributed by atoms with Crippen molar-refractivity contribution in [3.8, 4) is 0 Å². The van der Waals surface area contributed by atoms with Gasteiger partial charge in [0.1, 0.15) is 0 Å². The Morgan fingerprint density at radius 3 is 2.54 bits per heavy atom. The first-order valence-corrected chi connectivity index (χ1v) is 9.53. The summed E-state index contributed by atoms with van der Waals surface area (Å²) in [7, 11) is 1.38. The first kappa shape index (κ1) is 19.9. The molecular formula is C21H26N2O5. The molecule has 2 amide bonds. The van der Waals surface area contributed by atoms with Crippen molar-refractivity contribution in [3.63, 3.8) is 0 Å². The molecule has 2 heterocycles. The highest BCUT2D eigenvalue weighted by molar-refractivity contribution is 5.87. The van der Waals surface area contributed by atoms with E-state index in [0.29, 0.717) is 38.9 Å². The Hall–Kier alpha value is -2.83. The largest absolute Gasteiger partial charge is 0.469 e. The van der Waals surface area contributed by atoms with Crippen LogP contribution >= 0.6 is 0 Å². The summed E-state index contributed by atoms with van der Waals surface area (Å²) in [4.78, 5) is 40.4. The van der Waals surface area contributed by atoms with Crippen LogP contribution in [0.4, 0.5) is 4.79 Å². The zero-order valence-corrected chi connectivity index (χ0v) is 16.1. The second-order valence-electron chi connectivity index (χ2n) is 7.13. The van der Waals surface area contributed by atoms with Gasteiger partial charge in [0.2, 0.25) is 6.10 Å². The standard InChI is InChI=1S/C21H26N2O5/c1-3-11-23-17(14-15-7-5-4-6-8-15)18(28-21(23)26)19(24)22-12-9-16(10-13-22)20(25)27-2/h3-8,16-18H,1,9-14H2,2H3/t17-,18+/m0/s1. The molecular weight excluding hydrogens is 360 g/mol. The summed E-state index contributed by atoms with van der Waals surface area (Å²) in [6.07, 6.45) is 1.91. The van der Waals surface area contributed by atoms with E-state index in [0.717, 1.165) is 5.56 Å². The van der Waals surface area contributed by atoms with E-state index in [1.807, 2.05) is 30.3 Å². The minimum absolute atomic E-state index is 0.183. The molecule has 2 aliphatic rings. The Bertz CT molecular complexity index is 728. The van der Waals surface area contributed by atoms with Crippen LogP contribution in [0.1, 0.15) is 18.4 Å². The maximum absolute atomic E-state index is 13.1. The van der Waals surface area contributed by atoms with Crippen molar-refractivity contribution < 1.29 is 23.9 Å². The molecule has 150 valence electrons. The van der Waals surface area contributed by atoms with E-state index in [1.54, 1.807) is 15.9 Å². The molecule has 2 fully saturated rings. The fraction of sp³-hybridized carbons (Fsp3) is 0.476. The van der Waals surface area contributed by atoms with Gasteiger partial charge < -0.3 is 14.4 Å². The third kappa shape index (κ3) is 4.18. The van der Waals surface area contributed by atoms with Crippen LogP contribution in [0.3, 0.4) is 0 Å². The molecule has 0 saturated carbocycles. The summed E-state index contributed by atoms with van der Waals surface area (Å²) >= 11 is 0. The monoisotopic (exact) mass is 386 g/mol. The van der Waals surface area contributed by atoms with E-state index in [4.69, 9.17) is 9.47 Å². The molecule has 0 N–H and O–H groups in total. The molecule has 0 aromatic heterocycles. The van der Waals surface area contributed by atoms with Gasteiger partial charge in [-0.05, 0) is 24.8 Å². The molecule has 2 atom stereocenters. The predicted molar refractivity (Wildman–Crippen MR) is 102 cm³/mol. The SMILES string of the molecule is C=CCN1C(=O)O[C@@H](C(=O)N2CCC(C(=O)OC)CC2)[C@@H]1Cc1ccccc1. The lowest BCUT2D eigenvalue weighted by Crippen LogP contribution is -2.50. The number of hydrogen-bond donors (Lipinski definition) is 0. The van der Waals surface area contributed by atoms with Crippen LogP contribution in [-0.4, -0.2) is 66.7 Å². The normalized spacial score (nSPS) is 22.7. The average Bonchev–Trinajstić information content (AvgIpc) is 3.03. The smallest absolute Gasteiger partial charge is 0.411 e. The van der Waals surface area contributed by atoms with Crippen LogP contribution in [0, 0.1) is 5.92 Å². The highest BCUT2D eigenvalue weighted by Crippen LogP contribution is 2.27. The van der Waals surface area contributed by atoms with Crippen LogP contribution in [0.2, 0.25) is 0 Å². The van der Waals surface area contributed by atoms with E-state index in [1.165, 1.54) is 7.11 Å². The summed E-state index contributed by atoms with van der Waals surface area (Å²) in [5, 5.41) is 0. The number of hydrogen-bond acceptors (Lipinski definition) is 5. The molecule has 1 aromatic rings. The van der Waals surface area contributed by atoms with Crippen LogP contribution in [0.15, 0.2) is 43.0 Å². The topological polar surface area (TPSA) is 76.2 Å². The van der Waals surface area contributed by atoms with Gasteiger partial charge in [-0.3, -0.25) is 14.5 Å². The fourth-order valence-electron chi connectivity index (χ4n) is 3.87. The number of methoxy groups -OCH3 is 1. The Kier molecular flexibility index (Phi) is 6.34. The second-order valence-corrected chi connectivity index (χ2v) is 7.13. The van der Waals surface area contributed by atoms with Crippen LogP contribution in [0.25, 0.3) is 0 Å². The first-order valence-electron chi connectivity index (χ1n) is 9.53. The lowest BCUT2D eigenvalue weighted by Gasteiger charge is -2.33. The van der Waals surface area contributed by atoms with Crippen molar-refractivity contribution in [1.29, 1.82) is 0 Å². The van der Waals surface area contributed by atoms with Gasteiger partial charge in [0.25, 0.3) is 5.91 Å². The van der Waals surface area contributed by atoms with E-state index >= 15 is 0 Å². The van der Waals surface area contributed by atoms with Gasteiger partial charge in [0.15, 0.2) is 0 Å². The van der Waals surface area contributed by atoms with Gasteiger partial charge in [-0.15, -0.1) is 6.58 Å². The van der Waals surface area contributed by atoms with E-state index in [-0.39, 0.29) is 17.8 Å². The molecule has 7 heteroatoms. The second kappa shape index (κ2) is 8.91. The average molecular weight is 386 g/mol. The predicted octanol–water partition coefficient (Wildman–Crippen LogP) is 2.02. The van der Waals surface area contributed by atoms with Gasteiger partial charge in [0, 0.05) is 19.6 Å². The van der Waals surface area contributed by atoms with Crippen molar-refractivity contribution >= 4 is 18.0 Å². The number of cyclic esters (lactones) is 1. The molecule has 0 radical (unpaired) electrons. The quantitative estimate of drug-likeness (QED) is 0.552. The maximum Gasteiger partial charge on any atom is 0.411 e. The number of piperidine rings is 1. The van der Waals surface area contributed by atoms with Crippen molar-refractivity contribution in [2.24, 2.45) is 5.92 Å². The molecule has 0 unspecified atom stereocenters. The first-order chi connectivity index (χ1) is 13.5. The minimum atomic E-state index is -0.859. The summed E-state index contributed by atoms with van der Waals surface area (Å²) in [6.45, 7) is 4.93. The number of carbonyl (C=O) groups excluding carboxylic acids is 3. The number of amides is 2. The number of ether oxygens (including phenoxy) is 2. The Labute approximate surface area is 164 Å². The van der Waals surface area contributed by atoms with Crippen molar-refractivity contribution in [2.75, 3.05) is 26.7 Å². The molecule has 7 nitrogen and oxygen atoms in total. The van der Waals surface area contributed by atoms with Gasteiger partial charge in [0.05, 0.1) is 19.1 Å². The van der Waals surface area contributed by atoms with Gasteiger partial charge in [-0.25, -0.2) is 4.79 Å². The molecule has 2 aliphatic heterocycles. The Morgan fingerprint density at radius 1 is 1.25 bits per heavy atom. The molecule has 2 saturated heterocycles. The number of likely N-dealkylation sites (tertiary alicyclic amines) is 1. The van der Waals surface area contributed by atoms with E-state index in [2.05, 4.69) is 6.58 Å². The Balaban J connectivity index is 1.72.